The maximum atomic E-state index is 5.31. The zero-order valence-corrected chi connectivity index (χ0v) is 16.6. The molecule has 0 unspecified atom stereocenters. The molecule has 2 rings (SSSR count). The molecule has 2 aromatic rings. The standard InChI is InChI=1S/C15H22N6O2.HI/c1-5-16-15(17-9-14-20-18-10-21(14)2)19-11-6-7-12(22-3)13(8-11)23-4;/h6-8,10H,5,9H2,1-4H3,(H2,16,17,19);1H. The third-order valence-electron chi connectivity index (χ3n) is 3.17. The average molecular weight is 446 g/mol. The number of guanidine groups is 1. The molecule has 0 amide bonds. The first-order valence-electron chi connectivity index (χ1n) is 7.28. The van der Waals surface area contributed by atoms with E-state index in [0.717, 1.165) is 18.1 Å². The molecule has 0 saturated carbocycles. The molecule has 0 bridgehead atoms. The van der Waals surface area contributed by atoms with Crippen LogP contribution in [0.5, 0.6) is 11.5 Å². The van der Waals surface area contributed by atoms with Crippen LogP contribution in [0.4, 0.5) is 5.69 Å². The van der Waals surface area contributed by atoms with Crippen molar-refractivity contribution in [2.75, 3.05) is 26.1 Å². The normalized spacial score (nSPS) is 10.8. The van der Waals surface area contributed by atoms with Crippen LogP contribution >= 0.6 is 24.0 Å². The van der Waals surface area contributed by atoms with Crippen LogP contribution < -0.4 is 20.1 Å². The fourth-order valence-electron chi connectivity index (χ4n) is 1.96. The van der Waals surface area contributed by atoms with Crippen LogP contribution in [0, 0.1) is 0 Å². The van der Waals surface area contributed by atoms with Gasteiger partial charge in [0.25, 0.3) is 0 Å². The van der Waals surface area contributed by atoms with Gasteiger partial charge in [-0.3, -0.25) is 0 Å². The van der Waals surface area contributed by atoms with Crippen molar-refractivity contribution in [3.05, 3.63) is 30.4 Å². The molecule has 0 spiro atoms. The molecule has 0 saturated heterocycles. The minimum Gasteiger partial charge on any atom is -0.493 e. The van der Waals surface area contributed by atoms with Crippen molar-refractivity contribution in [2.45, 2.75) is 13.5 Å². The van der Waals surface area contributed by atoms with Gasteiger partial charge < -0.3 is 24.7 Å². The number of nitrogens with zero attached hydrogens (tertiary/aromatic N) is 4. The number of hydrogen-bond acceptors (Lipinski definition) is 5. The quantitative estimate of drug-likeness (QED) is 0.402. The molecule has 1 heterocycles. The number of ether oxygens (including phenoxy) is 2. The van der Waals surface area contributed by atoms with Crippen LogP contribution in [-0.2, 0) is 13.6 Å². The Morgan fingerprint density at radius 1 is 1.25 bits per heavy atom. The highest BCUT2D eigenvalue weighted by atomic mass is 127. The Balaban J connectivity index is 0.00000288. The number of nitrogens with one attached hydrogen (secondary N) is 2. The predicted octanol–water partition coefficient (Wildman–Crippen LogP) is 2.03. The molecule has 0 fully saturated rings. The van der Waals surface area contributed by atoms with Gasteiger partial charge in [0.2, 0.25) is 0 Å². The van der Waals surface area contributed by atoms with Gasteiger partial charge in [-0.25, -0.2) is 4.99 Å². The predicted molar refractivity (Wildman–Crippen MR) is 104 cm³/mol. The molecule has 9 heteroatoms. The van der Waals surface area contributed by atoms with Crippen LogP contribution in [0.25, 0.3) is 0 Å². The molecular weight excluding hydrogens is 423 g/mol. The van der Waals surface area contributed by atoms with Gasteiger partial charge in [-0.05, 0) is 19.1 Å². The van der Waals surface area contributed by atoms with Crippen LogP contribution in [0.15, 0.2) is 29.5 Å². The van der Waals surface area contributed by atoms with E-state index in [0.29, 0.717) is 24.0 Å². The van der Waals surface area contributed by atoms with E-state index in [2.05, 4.69) is 25.8 Å². The van der Waals surface area contributed by atoms with E-state index < -0.39 is 0 Å². The highest BCUT2D eigenvalue weighted by Gasteiger charge is 2.07. The van der Waals surface area contributed by atoms with Crippen molar-refractivity contribution in [2.24, 2.45) is 12.0 Å². The molecule has 0 aliphatic heterocycles. The summed E-state index contributed by atoms with van der Waals surface area (Å²) in [6, 6.07) is 5.60. The number of anilines is 1. The lowest BCUT2D eigenvalue weighted by atomic mass is 10.3. The second kappa shape index (κ2) is 9.96. The molecule has 1 aromatic heterocycles. The topological polar surface area (TPSA) is 85.6 Å². The molecule has 0 aliphatic rings. The van der Waals surface area contributed by atoms with E-state index in [-0.39, 0.29) is 24.0 Å². The molecule has 8 nitrogen and oxygen atoms in total. The van der Waals surface area contributed by atoms with Crippen molar-refractivity contribution < 1.29 is 9.47 Å². The molecule has 0 radical (unpaired) electrons. The van der Waals surface area contributed by atoms with Crippen molar-refractivity contribution in [1.82, 2.24) is 20.1 Å². The van der Waals surface area contributed by atoms with Gasteiger partial charge in [-0.1, -0.05) is 0 Å². The Morgan fingerprint density at radius 3 is 2.58 bits per heavy atom. The summed E-state index contributed by atoms with van der Waals surface area (Å²) in [5.74, 6) is 2.78. The molecular formula is C15H23IN6O2. The Morgan fingerprint density at radius 2 is 2.00 bits per heavy atom. The smallest absolute Gasteiger partial charge is 0.196 e. The van der Waals surface area contributed by atoms with E-state index in [1.54, 1.807) is 20.5 Å². The lowest BCUT2D eigenvalue weighted by Gasteiger charge is -2.13. The number of benzene rings is 1. The largest absolute Gasteiger partial charge is 0.493 e. The van der Waals surface area contributed by atoms with Gasteiger partial charge in [-0.2, -0.15) is 0 Å². The first kappa shape index (κ1) is 20.0. The summed E-state index contributed by atoms with van der Waals surface area (Å²) in [7, 11) is 5.10. The maximum absolute atomic E-state index is 5.31. The van der Waals surface area contributed by atoms with E-state index in [1.807, 2.05) is 36.7 Å². The van der Waals surface area contributed by atoms with E-state index in [4.69, 9.17) is 9.47 Å². The Labute approximate surface area is 158 Å². The fraction of sp³-hybridized carbons (Fsp3) is 0.400. The van der Waals surface area contributed by atoms with Crippen LogP contribution in [0.1, 0.15) is 12.7 Å². The molecule has 132 valence electrons. The summed E-state index contributed by atoms with van der Waals surface area (Å²) in [4.78, 5) is 4.51. The second-order valence-electron chi connectivity index (χ2n) is 4.75. The summed E-state index contributed by atoms with van der Waals surface area (Å²) < 4.78 is 12.4. The van der Waals surface area contributed by atoms with Crippen molar-refractivity contribution in [3.8, 4) is 11.5 Å². The van der Waals surface area contributed by atoms with Crippen LogP contribution in [-0.4, -0.2) is 41.5 Å². The first-order valence-corrected chi connectivity index (χ1v) is 7.28. The second-order valence-corrected chi connectivity index (χ2v) is 4.75. The SMILES string of the molecule is CCNC(=NCc1nncn1C)Nc1ccc(OC)c(OC)c1.I. The van der Waals surface area contributed by atoms with Crippen LogP contribution in [0.3, 0.4) is 0 Å². The van der Waals surface area contributed by atoms with Crippen LogP contribution in [0.2, 0.25) is 0 Å². The Hall–Kier alpha value is -2.04. The van der Waals surface area contributed by atoms with Gasteiger partial charge in [0.05, 0.1) is 14.2 Å². The van der Waals surface area contributed by atoms with Crippen molar-refractivity contribution >= 4 is 35.6 Å². The first-order chi connectivity index (χ1) is 11.2. The number of rotatable bonds is 6. The minimum absolute atomic E-state index is 0. The third kappa shape index (κ3) is 5.25. The number of halogens is 1. The monoisotopic (exact) mass is 446 g/mol. The summed E-state index contributed by atoms with van der Waals surface area (Å²) in [6.07, 6.45) is 1.65. The van der Waals surface area contributed by atoms with Gasteiger partial charge in [0.15, 0.2) is 23.3 Å². The molecule has 1 aromatic carbocycles. The van der Waals surface area contributed by atoms with Gasteiger partial charge in [0, 0.05) is 25.3 Å². The number of aromatic nitrogens is 3. The highest BCUT2D eigenvalue weighted by molar-refractivity contribution is 14.0. The maximum Gasteiger partial charge on any atom is 0.196 e. The number of hydrogen-bond donors (Lipinski definition) is 2. The third-order valence-corrected chi connectivity index (χ3v) is 3.17. The van der Waals surface area contributed by atoms with E-state index >= 15 is 0 Å². The zero-order chi connectivity index (χ0) is 16.7. The van der Waals surface area contributed by atoms with Crippen molar-refractivity contribution in [3.63, 3.8) is 0 Å². The van der Waals surface area contributed by atoms with Gasteiger partial charge in [-0.15, -0.1) is 34.2 Å². The van der Waals surface area contributed by atoms with Gasteiger partial charge in [0.1, 0.15) is 12.9 Å². The summed E-state index contributed by atoms with van der Waals surface area (Å²) in [6.45, 7) is 3.19. The number of aryl methyl sites for hydroxylation is 1. The van der Waals surface area contributed by atoms with E-state index in [9.17, 15) is 0 Å². The van der Waals surface area contributed by atoms with Gasteiger partial charge >= 0.3 is 0 Å². The van der Waals surface area contributed by atoms with E-state index in [1.165, 1.54) is 0 Å². The Bertz CT molecular complexity index is 674. The molecule has 2 N–H and O–H groups in total. The molecule has 24 heavy (non-hydrogen) atoms. The van der Waals surface area contributed by atoms with Crippen molar-refractivity contribution in [1.29, 1.82) is 0 Å². The summed E-state index contributed by atoms with van der Waals surface area (Å²) >= 11 is 0. The molecule has 0 aliphatic carbocycles. The minimum atomic E-state index is 0. The highest BCUT2D eigenvalue weighted by Crippen LogP contribution is 2.29. The lowest BCUT2D eigenvalue weighted by Crippen LogP contribution is -2.30. The summed E-state index contributed by atoms with van der Waals surface area (Å²) in [5, 5.41) is 14.3. The zero-order valence-electron chi connectivity index (χ0n) is 14.2. The fourth-order valence-corrected chi connectivity index (χ4v) is 1.96. The lowest BCUT2D eigenvalue weighted by molar-refractivity contribution is 0.355. The molecule has 0 atom stereocenters. The Kier molecular flexibility index (Phi) is 8.30. The number of aliphatic imine (C=N–C) groups is 1. The summed E-state index contributed by atoms with van der Waals surface area (Å²) in [5.41, 5.74) is 0.848. The average Bonchev–Trinajstić information content (AvgIpc) is 2.97. The number of methoxy groups -OCH3 is 2.